The SMILES string of the molecule is NC(=O)c1c(F)cc(Br)cc1NCCCn1cccn1. The molecule has 0 unspecified atom stereocenters. The monoisotopic (exact) mass is 340 g/mol. The number of nitrogens with zero attached hydrogens (tertiary/aromatic N) is 2. The lowest BCUT2D eigenvalue weighted by Gasteiger charge is -2.11. The smallest absolute Gasteiger partial charge is 0.253 e. The van der Waals surface area contributed by atoms with Crippen LogP contribution in [0.15, 0.2) is 35.1 Å². The van der Waals surface area contributed by atoms with E-state index in [9.17, 15) is 9.18 Å². The van der Waals surface area contributed by atoms with Gasteiger partial charge in [-0.25, -0.2) is 4.39 Å². The van der Waals surface area contributed by atoms with Crippen LogP contribution in [0, 0.1) is 5.82 Å². The fourth-order valence-corrected chi connectivity index (χ4v) is 2.29. The van der Waals surface area contributed by atoms with Crippen LogP contribution in [-0.4, -0.2) is 22.2 Å². The fourth-order valence-electron chi connectivity index (χ4n) is 1.86. The molecule has 0 aliphatic carbocycles. The minimum atomic E-state index is -0.787. The van der Waals surface area contributed by atoms with E-state index in [-0.39, 0.29) is 5.56 Å². The largest absolute Gasteiger partial charge is 0.384 e. The van der Waals surface area contributed by atoms with Gasteiger partial charge in [0.05, 0.1) is 11.3 Å². The number of aryl methyl sites for hydroxylation is 1. The summed E-state index contributed by atoms with van der Waals surface area (Å²) in [7, 11) is 0. The predicted octanol–water partition coefficient (Wildman–Crippen LogP) is 2.39. The van der Waals surface area contributed by atoms with Gasteiger partial charge in [0.1, 0.15) is 5.82 Å². The molecule has 0 saturated carbocycles. The van der Waals surface area contributed by atoms with Crippen LogP contribution in [0.25, 0.3) is 0 Å². The standard InChI is InChI=1S/C13H14BrFN4O/c14-9-7-10(15)12(13(16)20)11(8-9)17-3-1-5-19-6-2-4-18-19/h2,4,6-8,17H,1,3,5H2,(H2,16,20). The number of carbonyl (C=O) groups excluding carboxylic acids is 1. The van der Waals surface area contributed by atoms with E-state index in [0.29, 0.717) is 16.7 Å². The van der Waals surface area contributed by atoms with Crippen molar-refractivity contribution in [1.29, 1.82) is 0 Å². The molecule has 0 aliphatic rings. The molecule has 0 saturated heterocycles. The number of hydrogen-bond acceptors (Lipinski definition) is 3. The van der Waals surface area contributed by atoms with E-state index in [1.165, 1.54) is 6.07 Å². The van der Waals surface area contributed by atoms with Crippen molar-refractivity contribution in [3.05, 3.63) is 46.4 Å². The molecular weight excluding hydrogens is 327 g/mol. The minimum absolute atomic E-state index is 0.118. The second-order valence-corrected chi connectivity index (χ2v) is 5.14. The summed E-state index contributed by atoms with van der Waals surface area (Å²) >= 11 is 3.19. The molecule has 1 amide bonds. The molecule has 0 atom stereocenters. The third-order valence-corrected chi connectivity index (χ3v) is 3.20. The lowest BCUT2D eigenvalue weighted by molar-refractivity contribution is 0.0997. The van der Waals surface area contributed by atoms with Gasteiger partial charge in [-0.05, 0) is 24.6 Å². The van der Waals surface area contributed by atoms with Crippen LogP contribution in [0.3, 0.4) is 0 Å². The number of benzene rings is 1. The Morgan fingerprint density at radius 1 is 1.50 bits per heavy atom. The molecule has 1 heterocycles. The van der Waals surface area contributed by atoms with Crippen LogP contribution >= 0.6 is 15.9 Å². The molecular formula is C13H14BrFN4O. The van der Waals surface area contributed by atoms with Crippen molar-refractivity contribution in [3.63, 3.8) is 0 Å². The van der Waals surface area contributed by atoms with Gasteiger partial charge in [-0.2, -0.15) is 5.10 Å². The van der Waals surface area contributed by atoms with Crippen molar-refractivity contribution >= 4 is 27.5 Å². The zero-order chi connectivity index (χ0) is 14.5. The first-order valence-electron chi connectivity index (χ1n) is 6.08. The second kappa shape index (κ2) is 6.51. The zero-order valence-electron chi connectivity index (χ0n) is 10.6. The van der Waals surface area contributed by atoms with Crippen LogP contribution in [0.5, 0.6) is 0 Å². The third kappa shape index (κ3) is 3.57. The van der Waals surface area contributed by atoms with Crippen molar-refractivity contribution in [3.8, 4) is 0 Å². The lowest BCUT2D eigenvalue weighted by Crippen LogP contribution is -2.17. The van der Waals surface area contributed by atoms with Crippen molar-refractivity contribution in [2.24, 2.45) is 5.73 Å². The van der Waals surface area contributed by atoms with E-state index >= 15 is 0 Å². The molecule has 0 radical (unpaired) electrons. The number of anilines is 1. The summed E-state index contributed by atoms with van der Waals surface area (Å²) in [6.07, 6.45) is 4.37. The average molecular weight is 341 g/mol. The Kier molecular flexibility index (Phi) is 4.73. The first-order chi connectivity index (χ1) is 9.58. The maximum Gasteiger partial charge on any atom is 0.253 e. The maximum absolute atomic E-state index is 13.7. The molecule has 106 valence electrons. The Labute approximate surface area is 124 Å². The first-order valence-corrected chi connectivity index (χ1v) is 6.87. The Balaban J connectivity index is 1.99. The molecule has 0 bridgehead atoms. The number of hydrogen-bond donors (Lipinski definition) is 2. The topological polar surface area (TPSA) is 72.9 Å². The van der Waals surface area contributed by atoms with Crippen molar-refractivity contribution < 1.29 is 9.18 Å². The number of aromatic nitrogens is 2. The van der Waals surface area contributed by atoms with Crippen LogP contribution in [0.4, 0.5) is 10.1 Å². The number of nitrogens with one attached hydrogen (secondary N) is 1. The van der Waals surface area contributed by atoms with E-state index in [2.05, 4.69) is 26.3 Å². The number of halogens is 2. The van der Waals surface area contributed by atoms with Crippen molar-refractivity contribution in [2.75, 3.05) is 11.9 Å². The number of nitrogens with two attached hydrogens (primary N) is 1. The molecule has 0 fully saturated rings. The number of primary amides is 1. The quantitative estimate of drug-likeness (QED) is 0.793. The summed E-state index contributed by atoms with van der Waals surface area (Å²) < 4.78 is 16.1. The lowest BCUT2D eigenvalue weighted by atomic mass is 10.1. The van der Waals surface area contributed by atoms with Crippen LogP contribution in [-0.2, 0) is 6.54 Å². The molecule has 5 nitrogen and oxygen atoms in total. The molecule has 3 N–H and O–H groups in total. The molecule has 1 aromatic heterocycles. The summed E-state index contributed by atoms with van der Waals surface area (Å²) in [5, 5.41) is 7.11. The van der Waals surface area contributed by atoms with Crippen molar-refractivity contribution in [2.45, 2.75) is 13.0 Å². The van der Waals surface area contributed by atoms with E-state index < -0.39 is 11.7 Å². The number of rotatable bonds is 6. The van der Waals surface area contributed by atoms with Gasteiger partial charge in [-0.15, -0.1) is 0 Å². The van der Waals surface area contributed by atoms with Gasteiger partial charge >= 0.3 is 0 Å². The molecule has 7 heteroatoms. The van der Waals surface area contributed by atoms with Gasteiger partial charge in [-0.3, -0.25) is 9.48 Å². The Morgan fingerprint density at radius 3 is 2.95 bits per heavy atom. The van der Waals surface area contributed by atoms with Gasteiger partial charge < -0.3 is 11.1 Å². The van der Waals surface area contributed by atoms with Gasteiger partial charge in [0.15, 0.2) is 0 Å². The van der Waals surface area contributed by atoms with Gasteiger partial charge in [0, 0.05) is 30.0 Å². The van der Waals surface area contributed by atoms with Crippen LogP contribution in [0.1, 0.15) is 16.8 Å². The summed E-state index contributed by atoms with van der Waals surface area (Å²) in [5.41, 5.74) is 5.47. The Morgan fingerprint density at radius 2 is 2.30 bits per heavy atom. The fraction of sp³-hybridized carbons (Fsp3) is 0.231. The van der Waals surface area contributed by atoms with Gasteiger partial charge in [0.25, 0.3) is 5.91 Å². The summed E-state index contributed by atoms with van der Waals surface area (Å²) in [6, 6.07) is 4.70. The van der Waals surface area contributed by atoms with Crippen LogP contribution < -0.4 is 11.1 Å². The van der Waals surface area contributed by atoms with E-state index in [0.717, 1.165) is 13.0 Å². The van der Waals surface area contributed by atoms with Crippen molar-refractivity contribution in [1.82, 2.24) is 9.78 Å². The maximum atomic E-state index is 13.7. The second-order valence-electron chi connectivity index (χ2n) is 4.22. The van der Waals surface area contributed by atoms with E-state index in [1.54, 1.807) is 16.9 Å². The van der Waals surface area contributed by atoms with E-state index in [4.69, 9.17) is 5.73 Å². The van der Waals surface area contributed by atoms with Crippen LogP contribution in [0.2, 0.25) is 0 Å². The highest BCUT2D eigenvalue weighted by Gasteiger charge is 2.15. The normalized spacial score (nSPS) is 10.5. The molecule has 0 spiro atoms. The molecule has 0 aliphatic heterocycles. The summed E-state index contributed by atoms with van der Waals surface area (Å²) in [5.74, 6) is -1.42. The summed E-state index contributed by atoms with van der Waals surface area (Å²) in [4.78, 5) is 11.3. The predicted molar refractivity (Wildman–Crippen MR) is 78.0 cm³/mol. The molecule has 20 heavy (non-hydrogen) atoms. The van der Waals surface area contributed by atoms with Gasteiger partial charge in [0.2, 0.25) is 0 Å². The molecule has 2 rings (SSSR count). The minimum Gasteiger partial charge on any atom is -0.384 e. The first kappa shape index (κ1) is 14.5. The average Bonchev–Trinajstić information content (AvgIpc) is 2.86. The van der Waals surface area contributed by atoms with Gasteiger partial charge in [-0.1, -0.05) is 15.9 Å². The van der Waals surface area contributed by atoms with E-state index in [1.807, 2.05) is 12.3 Å². The highest BCUT2D eigenvalue weighted by molar-refractivity contribution is 9.10. The molecule has 2 aromatic rings. The highest BCUT2D eigenvalue weighted by atomic mass is 79.9. The molecule has 1 aromatic carbocycles. The highest BCUT2D eigenvalue weighted by Crippen LogP contribution is 2.24. The Hall–Kier alpha value is -1.89. The number of carbonyl (C=O) groups is 1. The zero-order valence-corrected chi connectivity index (χ0v) is 12.2. The summed E-state index contributed by atoms with van der Waals surface area (Å²) in [6.45, 7) is 1.32. The third-order valence-electron chi connectivity index (χ3n) is 2.74. The number of amides is 1. The Bertz CT molecular complexity index is 601.